The number of primary amides is 1. The van der Waals surface area contributed by atoms with Crippen molar-refractivity contribution >= 4 is 11.8 Å². The van der Waals surface area contributed by atoms with Crippen LogP contribution in [0, 0.1) is 0 Å². The molecule has 28 heavy (non-hydrogen) atoms. The van der Waals surface area contributed by atoms with E-state index in [1.807, 2.05) is 18.2 Å². The van der Waals surface area contributed by atoms with Crippen molar-refractivity contribution < 1.29 is 14.3 Å². The van der Waals surface area contributed by atoms with Gasteiger partial charge in [0.05, 0.1) is 24.8 Å². The molecule has 6 heteroatoms. The van der Waals surface area contributed by atoms with Crippen molar-refractivity contribution in [1.29, 1.82) is 0 Å². The molecular weight excluding hydrogens is 354 g/mol. The van der Waals surface area contributed by atoms with E-state index in [9.17, 15) is 9.59 Å². The molecule has 6 nitrogen and oxygen atoms in total. The number of carbonyl (C=O) groups excluding carboxylic acids is 2. The van der Waals surface area contributed by atoms with E-state index in [-0.39, 0.29) is 18.4 Å². The van der Waals surface area contributed by atoms with Crippen LogP contribution in [0.1, 0.15) is 57.4 Å². The minimum Gasteiger partial charge on any atom is -0.377 e. The van der Waals surface area contributed by atoms with E-state index in [2.05, 4.69) is 29.7 Å². The Balaban J connectivity index is 1.87. The quantitative estimate of drug-likeness (QED) is 0.426. The molecule has 2 amide bonds. The molecule has 0 aliphatic carbocycles. The maximum absolute atomic E-state index is 12.4. The molecule has 1 aliphatic rings. The highest BCUT2D eigenvalue weighted by molar-refractivity contribution is 5.79. The Labute approximate surface area is 168 Å². The van der Waals surface area contributed by atoms with Crippen LogP contribution < -0.4 is 16.4 Å². The summed E-state index contributed by atoms with van der Waals surface area (Å²) in [6.07, 6.45) is 6.96. The molecule has 1 aliphatic heterocycles. The molecule has 1 saturated heterocycles. The molecule has 0 unspecified atom stereocenters. The largest absolute Gasteiger partial charge is 0.377 e. The van der Waals surface area contributed by atoms with Crippen molar-refractivity contribution in [2.75, 3.05) is 19.8 Å². The highest BCUT2D eigenvalue weighted by Crippen LogP contribution is 2.24. The predicted molar refractivity (Wildman–Crippen MR) is 111 cm³/mol. The first-order valence-electron chi connectivity index (χ1n) is 10.5. The van der Waals surface area contributed by atoms with Gasteiger partial charge in [-0.05, 0) is 24.9 Å². The van der Waals surface area contributed by atoms with E-state index < -0.39 is 11.4 Å². The molecule has 0 bridgehead atoms. The van der Waals surface area contributed by atoms with E-state index in [0.717, 1.165) is 32.2 Å². The van der Waals surface area contributed by atoms with Gasteiger partial charge in [0.15, 0.2) is 0 Å². The summed E-state index contributed by atoms with van der Waals surface area (Å²) in [7, 11) is 0. The van der Waals surface area contributed by atoms with Crippen LogP contribution in [0.2, 0.25) is 0 Å². The summed E-state index contributed by atoms with van der Waals surface area (Å²) < 4.78 is 5.44. The lowest BCUT2D eigenvalue weighted by atomic mass is 9.85. The number of ether oxygens (including phenoxy) is 1. The maximum Gasteiger partial charge on any atom is 0.220 e. The first-order chi connectivity index (χ1) is 13.6. The van der Waals surface area contributed by atoms with E-state index in [1.54, 1.807) is 0 Å². The van der Waals surface area contributed by atoms with Gasteiger partial charge in [-0.1, -0.05) is 62.9 Å². The molecule has 0 spiro atoms. The van der Waals surface area contributed by atoms with Crippen molar-refractivity contribution in [2.45, 2.75) is 69.9 Å². The van der Waals surface area contributed by atoms with Gasteiger partial charge in [-0.15, -0.1) is 0 Å². The molecule has 1 atom stereocenters. The molecule has 4 N–H and O–H groups in total. The van der Waals surface area contributed by atoms with Gasteiger partial charge in [-0.2, -0.15) is 0 Å². The van der Waals surface area contributed by atoms with E-state index >= 15 is 0 Å². The smallest absolute Gasteiger partial charge is 0.220 e. The third kappa shape index (κ3) is 7.24. The lowest BCUT2D eigenvalue weighted by molar-refractivity contribution is -0.131. The van der Waals surface area contributed by atoms with Crippen LogP contribution in [-0.2, 0) is 20.7 Å². The van der Waals surface area contributed by atoms with Gasteiger partial charge in [0, 0.05) is 12.8 Å². The van der Waals surface area contributed by atoms with Crippen molar-refractivity contribution in [2.24, 2.45) is 5.73 Å². The van der Waals surface area contributed by atoms with Gasteiger partial charge >= 0.3 is 0 Å². The third-order valence-electron chi connectivity index (χ3n) is 5.37. The average Bonchev–Trinajstić information content (AvgIpc) is 2.64. The summed E-state index contributed by atoms with van der Waals surface area (Å²) in [5.41, 5.74) is 6.28. The Kier molecular flexibility index (Phi) is 9.44. The molecule has 156 valence electrons. The highest BCUT2D eigenvalue weighted by atomic mass is 16.5. The zero-order chi connectivity index (χ0) is 20.2. The van der Waals surface area contributed by atoms with Crippen molar-refractivity contribution in [3.63, 3.8) is 0 Å². The Morgan fingerprint density at radius 1 is 1.14 bits per heavy atom. The number of hydrogen-bond acceptors (Lipinski definition) is 4. The number of nitrogens with one attached hydrogen (secondary N) is 2. The summed E-state index contributed by atoms with van der Waals surface area (Å²) in [6, 6.07) is 9.87. The second-order valence-electron chi connectivity index (χ2n) is 7.77. The van der Waals surface area contributed by atoms with E-state index in [0.29, 0.717) is 19.6 Å². The number of hydrogen-bond donors (Lipinski definition) is 3. The molecule has 2 rings (SSSR count). The van der Waals surface area contributed by atoms with Gasteiger partial charge in [-0.3, -0.25) is 9.59 Å². The fraction of sp³-hybridized carbons (Fsp3) is 0.636. The Morgan fingerprint density at radius 3 is 2.46 bits per heavy atom. The van der Waals surface area contributed by atoms with Crippen molar-refractivity contribution in [3.8, 4) is 0 Å². The fourth-order valence-corrected chi connectivity index (χ4v) is 3.59. The summed E-state index contributed by atoms with van der Waals surface area (Å²) in [5, 5.41) is 6.58. The van der Waals surface area contributed by atoms with Crippen LogP contribution in [-0.4, -0.2) is 43.2 Å². The standard InChI is InChI=1S/C22H35N3O3/c1-2-3-4-5-9-12-21(27)25-19(15-20(23)26)22(16-28-17-22)24-14-13-18-10-7-6-8-11-18/h6-8,10-11,19,24H,2-5,9,12-17H2,1H3,(H2,23,26)(H,25,27)/t19-/m1/s1. The number of rotatable bonds is 14. The molecular formula is C22H35N3O3. The topological polar surface area (TPSA) is 93.5 Å². The molecule has 1 heterocycles. The SMILES string of the molecule is CCCCCCCC(=O)N[C@H](CC(N)=O)C1(NCCc2ccccc2)COC1. The number of benzene rings is 1. The zero-order valence-electron chi connectivity index (χ0n) is 17.0. The normalized spacial score (nSPS) is 16.2. The number of nitrogens with two attached hydrogens (primary N) is 1. The third-order valence-corrected chi connectivity index (χ3v) is 5.37. The summed E-state index contributed by atoms with van der Waals surface area (Å²) in [6.45, 7) is 3.86. The average molecular weight is 390 g/mol. The second kappa shape index (κ2) is 11.8. The molecule has 1 aromatic carbocycles. The number of unbranched alkanes of at least 4 members (excludes halogenated alkanes) is 4. The Bertz CT molecular complexity index is 602. The fourth-order valence-electron chi connectivity index (χ4n) is 3.59. The first-order valence-corrected chi connectivity index (χ1v) is 10.5. The molecule has 0 aromatic heterocycles. The van der Waals surface area contributed by atoms with Gasteiger partial charge in [-0.25, -0.2) is 0 Å². The Morgan fingerprint density at radius 2 is 1.86 bits per heavy atom. The van der Waals surface area contributed by atoms with Gasteiger partial charge in [0.2, 0.25) is 11.8 Å². The van der Waals surface area contributed by atoms with Gasteiger partial charge < -0.3 is 21.1 Å². The van der Waals surface area contributed by atoms with Crippen LogP contribution in [0.5, 0.6) is 0 Å². The lowest BCUT2D eigenvalue weighted by Crippen LogP contribution is -2.72. The minimum atomic E-state index is -0.429. The number of carbonyl (C=O) groups is 2. The van der Waals surface area contributed by atoms with E-state index in [1.165, 1.54) is 18.4 Å². The minimum absolute atomic E-state index is 0.0149. The summed E-state index contributed by atoms with van der Waals surface area (Å²) in [4.78, 5) is 24.0. The van der Waals surface area contributed by atoms with Crippen LogP contribution in [0.25, 0.3) is 0 Å². The lowest BCUT2D eigenvalue weighted by Gasteiger charge is -2.47. The van der Waals surface area contributed by atoms with Crippen LogP contribution in [0.4, 0.5) is 0 Å². The first kappa shape index (κ1) is 22.4. The van der Waals surface area contributed by atoms with Crippen molar-refractivity contribution in [3.05, 3.63) is 35.9 Å². The van der Waals surface area contributed by atoms with Crippen LogP contribution in [0.15, 0.2) is 30.3 Å². The predicted octanol–water partition coefficient (Wildman–Crippen LogP) is 2.31. The van der Waals surface area contributed by atoms with E-state index in [4.69, 9.17) is 10.5 Å². The molecule has 1 aromatic rings. The van der Waals surface area contributed by atoms with Gasteiger partial charge in [0.1, 0.15) is 0 Å². The molecule has 0 radical (unpaired) electrons. The molecule has 1 fully saturated rings. The zero-order valence-corrected chi connectivity index (χ0v) is 17.0. The highest BCUT2D eigenvalue weighted by Gasteiger charge is 2.46. The van der Waals surface area contributed by atoms with Crippen LogP contribution >= 0.6 is 0 Å². The monoisotopic (exact) mass is 389 g/mol. The Hall–Kier alpha value is -1.92. The van der Waals surface area contributed by atoms with Gasteiger partial charge in [0.25, 0.3) is 0 Å². The summed E-state index contributed by atoms with van der Waals surface area (Å²) >= 11 is 0. The maximum atomic E-state index is 12.4. The second-order valence-corrected chi connectivity index (χ2v) is 7.77. The number of amides is 2. The van der Waals surface area contributed by atoms with Crippen LogP contribution in [0.3, 0.4) is 0 Å². The van der Waals surface area contributed by atoms with Crippen molar-refractivity contribution in [1.82, 2.24) is 10.6 Å². The molecule has 0 saturated carbocycles. The summed E-state index contributed by atoms with van der Waals surface area (Å²) in [5.74, 6) is -0.428.